The number of hydrogen-bond acceptors (Lipinski definition) is 7. The zero-order valence-electron chi connectivity index (χ0n) is 21.8. The second-order valence-corrected chi connectivity index (χ2v) is 21.7. The van der Waals surface area contributed by atoms with Crippen molar-refractivity contribution < 1.29 is 13.6 Å². The van der Waals surface area contributed by atoms with Gasteiger partial charge in [-0.25, -0.2) is 19.3 Å². The van der Waals surface area contributed by atoms with Crippen molar-refractivity contribution in [3.63, 3.8) is 0 Å². The highest BCUT2D eigenvalue weighted by atomic mass is 28.4. The number of hydrogen-bond donors (Lipinski definition) is 2. The Bertz CT molecular complexity index is 1050. The second kappa shape index (κ2) is 8.60. The highest BCUT2D eigenvalue weighted by Crippen LogP contribution is 2.42. The molecule has 0 aromatic carbocycles. The first-order chi connectivity index (χ1) is 14.9. The van der Waals surface area contributed by atoms with Crippen LogP contribution in [0.5, 0.6) is 0 Å². The maximum Gasteiger partial charge on any atom is 0.329 e. The van der Waals surface area contributed by atoms with Gasteiger partial charge in [0.1, 0.15) is 24.2 Å². The fraction of sp³-hybridized carbons (Fsp3) is 0.773. The van der Waals surface area contributed by atoms with Crippen LogP contribution in [0.25, 0.3) is 11.2 Å². The summed E-state index contributed by atoms with van der Waals surface area (Å²) in [6.07, 6.45) is 0.904. The van der Waals surface area contributed by atoms with Crippen molar-refractivity contribution in [1.29, 1.82) is 0 Å². The number of aromatic amines is 1. The number of nitrogen functional groups attached to an aromatic ring is 1. The number of H-pyrrole nitrogens is 1. The van der Waals surface area contributed by atoms with Gasteiger partial charge in [-0.2, -0.15) is 0 Å². The third-order valence-electron chi connectivity index (χ3n) is 7.67. The molecule has 0 unspecified atom stereocenters. The molecule has 0 spiro atoms. The topological polar surface area (TPSA) is 117 Å². The van der Waals surface area contributed by atoms with Crippen LogP contribution in [0.2, 0.25) is 36.3 Å². The highest BCUT2D eigenvalue weighted by Gasteiger charge is 2.47. The summed E-state index contributed by atoms with van der Waals surface area (Å²) >= 11 is 0. The molecule has 1 aliphatic rings. The Morgan fingerprint density at radius 3 is 2.30 bits per heavy atom. The average molecular weight is 496 g/mol. The van der Waals surface area contributed by atoms with Gasteiger partial charge in [-0.15, -0.1) is 0 Å². The van der Waals surface area contributed by atoms with E-state index in [0.29, 0.717) is 24.2 Å². The van der Waals surface area contributed by atoms with Crippen LogP contribution in [-0.2, 0) is 13.6 Å². The van der Waals surface area contributed by atoms with Crippen LogP contribution >= 0.6 is 0 Å². The van der Waals surface area contributed by atoms with Gasteiger partial charge in [0.15, 0.2) is 28.1 Å². The lowest BCUT2D eigenvalue weighted by Crippen LogP contribution is -2.48. The van der Waals surface area contributed by atoms with Crippen molar-refractivity contribution >= 4 is 33.6 Å². The van der Waals surface area contributed by atoms with E-state index in [9.17, 15) is 4.79 Å². The lowest BCUT2D eigenvalue weighted by Gasteiger charge is -2.40. The number of rotatable bonds is 6. The first-order valence-electron chi connectivity index (χ1n) is 11.6. The van der Waals surface area contributed by atoms with Crippen LogP contribution in [0, 0.1) is 0 Å². The second-order valence-electron chi connectivity index (χ2n) is 12.1. The van der Waals surface area contributed by atoms with Gasteiger partial charge in [-0.1, -0.05) is 41.5 Å². The lowest BCUT2D eigenvalue weighted by molar-refractivity contribution is -0.0393. The van der Waals surface area contributed by atoms with Crippen molar-refractivity contribution in [2.75, 3.05) is 12.3 Å². The van der Waals surface area contributed by atoms with Crippen molar-refractivity contribution in [1.82, 2.24) is 19.5 Å². The standard InChI is InChI=1S/C22H41N5O4Si2/c1-21(2,3)32(7,8)29-12-15-14(31-33(9,10)22(4,5)6)11-16(30-15)27-19-17(26-20(27)28)18(23)24-13-25-19/h13-16H,11-12H2,1-10H3,(H,26,28)(H2,23,24,25)/t14-,15+,16+/m0/s1. The summed E-state index contributed by atoms with van der Waals surface area (Å²) < 4.78 is 21.3. The zero-order chi connectivity index (χ0) is 25.0. The molecule has 0 bridgehead atoms. The van der Waals surface area contributed by atoms with Crippen molar-refractivity contribution in [3.05, 3.63) is 16.8 Å². The number of fused-ring (bicyclic) bond motifs is 1. The van der Waals surface area contributed by atoms with Crippen LogP contribution < -0.4 is 11.4 Å². The van der Waals surface area contributed by atoms with E-state index >= 15 is 0 Å². The third kappa shape index (κ3) is 5.12. The smallest absolute Gasteiger partial charge is 0.329 e. The average Bonchev–Trinajstić information content (AvgIpc) is 3.18. The third-order valence-corrected chi connectivity index (χ3v) is 16.7. The molecule has 2 aromatic rings. The number of imidazole rings is 1. The van der Waals surface area contributed by atoms with Crippen LogP contribution in [0.15, 0.2) is 11.1 Å². The first kappa shape index (κ1) is 26.1. The van der Waals surface area contributed by atoms with Gasteiger partial charge < -0.3 is 24.3 Å². The van der Waals surface area contributed by atoms with Gasteiger partial charge in [0.05, 0.1) is 12.7 Å². The summed E-state index contributed by atoms with van der Waals surface area (Å²) in [6, 6.07) is 0. The Hall–Kier alpha value is -1.54. The predicted octanol–water partition coefficient (Wildman–Crippen LogP) is 4.40. The Kier molecular flexibility index (Phi) is 6.79. The maximum atomic E-state index is 12.8. The molecule has 9 nitrogen and oxygen atoms in total. The number of nitrogens with one attached hydrogen (secondary N) is 1. The molecule has 0 saturated carbocycles. The van der Waals surface area contributed by atoms with Crippen LogP contribution in [0.3, 0.4) is 0 Å². The minimum atomic E-state index is -2.08. The van der Waals surface area contributed by atoms with Gasteiger partial charge >= 0.3 is 5.69 Å². The normalized spacial score (nSPS) is 22.9. The summed E-state index contributed by atoms with van der Waals surface area (Å²) in [5.41, 5.74) is 6.49. The molecule has 0 amide bonds. The largest absolute Gasteiger partial charge is 0.414 e. The monoisotopic (exact) mass is 495 g/mol. The molecule has 11 heteroatoms. The van der Waals surface area contributed by atoms with E-state index in [0.717, 1.165) is 0 Å². The number of ether oxygens (including phenoxy) is 1. The van der Waals surface area contributed by atoms with Crippen molar-refractivity contribution in [2.24, 2.45) is 0 Å². The molecule has 0 radical (unpaired) electrons. The fourth-order valence-corrected chi connectivity index (χ4v) is 5.79. The quantitative estimate of drug-likeness (QED) is 0.570. The van der Waals surface area contributed by atoms with E-state index in [-0.39, 0.29) is 33.8 Å². The summed E-state index contributed by atoms with van der Waals surface area (Å²) in [7, 11) is -4.06. The molecule has 3 rings (SSSR count). The Labute approximate surface area is 198 Å². The molecule has 1 fully saturated rings. The van der Waals surface area contributed by atoms with E-state index < -0.39 is 22.9 Å². The molecular formula is C22H41N5O4Si2. The molecule has 3 heterocycles. The number of nitrogens with zero attached hydrogens (tertiary/aromatic N) is 3. The molecule has 3 N–H and O–H groups in total. The number of anilines is 1. The van der Waals surface area contributed by atoms with Crippen LogP contribution in [0.4, 0.5) is 5.82 Å². The molecule has 3 atom stereocenters. The maximum absolute atomic E-state index is 12.8. The predicted molar refractivity (Wildman–Crippen MR) is 136 cm³/mol. The molecule has 2 aromatic heterocycles. The zero-order valence-corrected chi connectivity index (χ0v) is 23.8. The Morgan fingerprint density at radius 2 is 1.73 bits per heavy atom. The van der Waals surface area contributed by atoms with Gasteiger partial charge in [-0.05, 0) is 36.3 Å². The molecule has 0 aliphatic carbocycles. The summed E-state index contributed by atoms with van der Waals surface area (Å²) in [6.45, 7) is 22.7. The van der Waals surface area contributed by atoms with E-state index in [1.54, 1.807) is 0 Å². The van der Waals surface area contributed by atoms with E-state index in [4.69, 9.17) is 19.3 Å². The van der Waals surface area contributed by atoms with E-state index in [2.05, 4.69) is 82.7 Å². The molecule has 1 aliphatic heterocycles. The van der Waals surface area contributed by atoms with Gasteiger partial charge in [0.25, 0.3) is 0 Å². The number of aromatic nitrogens is 4. The molecule has 186 valence electrons. The summed E-state index contributed by atoms with van der Waals surface area (Å²) in [5, 5.41) is 0.137. The Balaban J connectivity index is 1.93. The van der Waals surface area contributed by atoms with E-state index in [1.807, 2.05) is 0 Å². The van der Waals surface area contributed by atoms with Gasteiger partial charge in [-0.3, -0.25) is 0 Å². The van der Waals surface area contributed by atoms with E-state index in [1.165, 1.54) is 10.9 Å². The molecular weight excluding hydrogens is 454 g/mol. The molecule has 33 heavy (non-hydrogen) atoms. The lowest BCUT2D eigenvalue weighted by atomic mass is 10.2. The SMILES string of the molecule is CC(C)(C)[Si](C)(C)OC[C@H]1O[C@@H](n2c(=O)[nH]c3c(N)ncnc32)C[C@@H]1O[Si](C)(C)C(C)(C)C. The van der Waals surface area contributed by atoms with Gasteiger partial charge in [0.2, 0.25) is 0 Å². The Morgan fingerprint density at radius 1 is 1.12 bits per heavy atom. The summed E-state index contributed by atoms with van der Waals surface area (Å²) in [5.74, 6) is 0.237. The van der Waals surface area contributed by atoms with Crippen molar-refractivity contribution in [2.45, 2.75) is 103 Å². The highest BCUT2D eigenvalue weighted by molar-refractivity contribution is 6.74. The number of nitrogens with two attached hydrogens (primary N) is 1. The minimum Gasteiger partial charge on any atom is -0.414 e. The molecule has 1 saturated heterocycles. The van der Waals surface area contributed by atoms with Crippen molar-refractivity contribution in [3.8, 4) is 0 Å². The van der Waals surface area contributed by atoms with Crippen LogP contribution in [-0.4, -0.2) is 55.0 Å². The summed E-state index contributed by atoms with van der Waals surface area (Å²) in [4.78, 5) is 23.9. The van der Waals surface area contributed by atoms with Gasteiger partial charge in [0, 0.05) is 6.42 Å². The van der Waals surface area contributed by atoms with Crippen LogP contribution in [0.1, 0.15) is 54.2 Å². The first-order valence-corrected chi connectivity index (χ1v) is 17.4. The minimum absolute atomic E-state index is 0.0508. The fourth-order valence-electron chi connectivity index (χ4n) is 3.42.